The molecule has 1 N–H and O–H groups in total. The topological polar surface area (TPSA) is 63.6 Å². The Labute approximate surface area is 126 Å². The van der Waals surface area contributed by atoms with Gasteiger partial charge >= 0.3 is 11.9 Å². The first-order valence-corrected chi connectivity index (χ1v) is 7.88. The third-order valence-electron chi connectivity index (χ3n) is 3.85. The first-order valence-electron chi connectivity index (χ1n) is 7.88. The van der Waals surface area contributed by atoms with Crippen LogP contribution in [0.5, 0.6) is 0 Å². The Morgan fingerprint density at radius 2 is 2.14 bits per heavy atom. The third-order valence-corrected chi connectivity index (χ3v) is 3.85. The van der Waals surface area contributed by atoms with Gasteiger partial charge in [0.05, 0.1) is 6.42 Å². The maximum Gasteiger partial charge on any atom is 0.331 e. The minimum absolute atomic E-state index is 0.0309. The van der Waals surface area contributed by atoms with Gasteiger partial charge in [-0.25, -0.2) is 4.79 Å². The largest absolute Gasteiger partial charge is 0.478 e. The summed E-state index contributed by atoms with van der Waals surface area (Å²) in [6.45, 7) is 4.21. The van der Waals surface area contributed by atoms with E-state index in [1.54, 1.807) is 0 Å². The van der Waals surface area contributed by atoms with Gasteiger partial charge < -0.3 is 9.84 Å². The lowest BCUT2D eigenvalue weighted by Gasteiger charge is -2.15. The molecule has 0 spiro atoms. The number of hydrogen-bond donors (Lipinski definition) is 1. The quantitative estimate of drug-likeness (QED) is 0.484. The van der Waals surface area contributed by atoms with E-state index in [4.69, 9.17) is 4.74 Å². The fourth-order valence-corrected chi connectivity index (χ4v) is 2.26. The molecule has 0 heterocycles. The van der Waals surface area contributed by atoms with E-state index in [1.807, 2.05) is 6.08 Å². The van der Waals surface area contributed by atoms with E-state index in [0.29, 0.717) is 23.7 Å². The van der Waals surface area contributed by atoms with Gasteiger partial charge in [0.15, 0.2) is 0 Å². The molecule has 1 aliphatic rings. The molecular weight excluding hydrogens is 268 g/mol. The molecule has 0 saturated heterocycles. The molecule has 1 unspecified atom stereocenters. The second kappa shape index (κ2) is 9.37. The van der Waals surface area contributed by atoms with Crippen LogP contribution in [0.2, 0.25) is 0 Å². The average molecular weight is 294 g/mol. The lowest BCUT2D eigenvalue weighted by atomic mass is 9.91. The van der Waals surface area contributed by atoms with Crippen LogP contribution in [0.1, 0.15) is 65.2 Å². The van der Waals surface area contributed by atoms with Gasteiger partial charge in [-0.05, 0) is 24.8 Å². The van der Waals surface area contributed by atoms with E-state index in [-0.39, 0.29) is 12.4 Å². The zero-order valence-corrected chi connectivity index (χ0v) is 13.1. The summed E-state index contributed by atoms with van der Waals surface area (Å²) < 4.78 is 5.10. The van der Waals surface area contributed by atoms with Gasteiger partial charge in [-0.2, -0.15) is 0 Å². The molecule has 0 aliphatic heterocycles. The molecule has 0 fully saturated rings. The smallest absolute Gasteiger partial charge is 0.331 e. The van der Waals surface area contributed by atoms with Crippen molar-refractivity contribution in [2.24, 2.45) is 5.92 Å². The number of aliphatic carboxylic acids is 1. The number of esters is 1. The molecule has 118 valence electrons. The second-order valence-electron chi connectivity index (χ2n) is 5.54. The van der Waals surface area contributed by atoms with Crippen LogP contribution in [-0.4, -0.2) is 17.0 Å². The van der Waals surface area contributed by atoms with Crippen molar-refractivity contribution < 1.29 is 19.4 Å². The molecule has 1 rings (SSSR count). The van der Waals surface area contributed by atoms with E-state index in [1.165, 1.54) is 6.08 Å². The van der Waals surface area contributed by atoms with Gasteiger partial charge in [0.25, 0.3) is 0 Å². The Kier molecular flexibility index (Phi) is 7.80. The van der Waals surface area contributed by atoms with Crippen LogP contribution in [-0.2, 0) is 14.3 Å². The van der Waals surface area contributed by atoms with Crippen molar-refractivity contribution in [2.45, 2.75) is 65.2 Å². The summed E-state index contributed by atoms with van der Waals surface area (Å²) in [4.78, 5) is 22.9. The number of carbonyl (C=O) groups is 2. The fraction of sp³-hybridized carbons (Fsp3) is 0.647. The van der Waals surface area contributed by atoms with E-state index in [9.17, 15) is 14.7 Å². The van der Waals surface area contributed by atoms with Crippen molar-refractivity contribution in [3.8, 4) is 0 Å². The monoisotopic (exact) mass is 294 g/mol. The van der Waals surface area contributed by atoms with Crippen molar-refractivity contribution >= 4 is 11.9 Å². The number of carboxylic acid groups (broad SMARTS) is 1. The highest BCUT2D eigenvalue weighted by Crippen LogP contribution is 2.23. The number of rotatable bonds is 10. The van der Waals surface area contributed by atoms with Gasteiger partial charge in [-0.3, -0.25) is 4.79 Å². The Morgan fingerprint density at radius 1 is 1.43 bits per heavy atom. The van der Waals surface area contributed by atoms with Crippen LogP contribution in [0.25, 0.3) is 0 Å². The number of carboxylic acids is 1. The minimum Gasteiger partial charge on any atom is -0.478 e. The first-order chi connectivity index (χ1) is 10.1. The lowest BCUT2D eigenvalue weighted by Crippen LogP contribution is -2.10. The summed E-state index contributed by atoms with van der Waals surface area (Å²) in [6.07, 6.45) is 9.92. The highest BCUT2D eigenvalue weighted by Gasteiger charge is 2.16. The molecule has 21 heavy (non-hydrogen) atoms. The van der Waals surface area contributed by atoms with Crippen LogP contribution >= 0.6 is 0 Å². The molecule has 0 aromatic carbocycles. The van der Waals surface area contributed by atoms with Crippen LogP contribution < -0.4 is 0 Å². The highest BCUT2D eigenvalue weighted by atomic mass is 16.5. The van der Waals surface area contributed by atoms with Gasteiger partial charge in [0, 0.05) is 12.0 Å². The molecule has 4 heteroatoms. The van der Waals surface area contributed by atoms with Crippen LogP contribution in [0.3, 0.4) is 0 Å². The fourth-order valence-electron chi connectivity index (χ4n) is 2.26. The van der Waals surface area contributed by atoms with Crippen molar-refractivity contribution in [2.75, 3.05) is 0 Å². The lowest BCUT2D eigenvalue weighted by molar-refractivity contribution is -0.139. The Balaban J connectivity index is 2.51. The zero-order valence-electron chi connectivity index (χ0n) is 13.1. The molecule has 4 nitrogen and oxygen atoms in total. The number of unbranched alkanes of at least 4 members (excludes halogenated alkanes) is 1. The summed E-state index contributed by atoms with van der Waals surface area (Å²) in [7, 11) is 0. The average Bonchev–Trinajstić information content (AvgIpc) is 2.41. The van der Waals surface area contributed by atoms with Crippen molar-refractivity contribution in [3.63, 3.8) is 0 Å². The molecule has 0 aromatic heterocycles. The predicted molar refractivity (Wildman–Crippen MR) is 81.7 cm³/mol. The molecular formula is C17H26O4. The second-order valence-corrected chi connectivity index (χ2v) is 5.54. The SMILES string of the molecule is CCCCC(CC)CC(=CCC(=O)OC1=CCC1)C(=O)O. The minimum atomic E-state index is -0.930. The number of allylic oxidation sites excluding steroid dienone is 2. The predicted octanol–water partition coefficient (Wildman–Crippen LogP) is 4.21. The molecule has 0 aromatic rings. The van der Waals surface area contributed by atoms with Gasteiger partial charge in [-0.15, -0.1) is 0 Å². The van der Waals surface area contributed by atoms with E-state index >= 15 is 0 Å². The number of hydrogen-bond acceptors (Lipinski definition) is 3. The summed E-state index contributed by atoms with van der Waals surface area (Å²) >= 11 is 0. The third kappa shape index (κ3) is 6.61. The summed E-state index contributed by atoms with van der Waals surface area (Å²) in [5.41, 5.74) is 0.331. The first kappa shape index (κ1) is 17.5. The van der Waals surface area contributed by atoms with Crippen LogP contribution in [0, 0.1) is 5.92 Å². The number of carbonyl (C=O) groups excluding carboxylic acids is 1. The maximum absolute atomic E-state index is 11.6. The molecule has 0 bridgehead atoms. The van der Waals surface area contributed by atoms with Gasteiger partial charge in [0.2, 0.25) is 0 Å². The Morgan fingerprint density at radius 3 is 2.62 bits per heavy atom. The normalized spacial score (nSPS) is 15.9. The molecule has 1 atom stereocenters. The van der Waals surface area contributed by atoms with E-state index < -0.39 is 5.97 Å². The van der Waals surface area contributed by atoms with Gasteiger partial charge in [0.1, 0.15) is 5.76 Å². The summed E-state index contributed by atoms with van der Waals surface area (Å²) in [5, 5.41) is 9.26. The zero-order chi connectivity index (χ0) is 15.7. The summed E-state index contributed by atoms with van der Waals surface area (Å²) in [6, 6.07) is 0. The van der Waals surface area contributed by atoms with Crippen molar-refractivity contribution in [1.82, 2.24) is 0 Å². The maximum atomic E-state index is 11.6. The van der Waals surface area contributed by atoms with Crippen molar-refractivity contribution in [3.05, 3.63) is 23.5 Å². The molecule has 0 amide bonds. The van der Waals surface area contributed by atoms with Crippen LogP contribution in [0.4, 0.5) is 0 Å². The standard InChI is InChI=1S/C17H26O4/c1-3-5-7-13(4-2)12-14(17(19)20)10-11-16(18)21-15-8-6-9-15/h8,10,13H,3-7,9,11-12H2,1-2H3,(H,19,20). The van der Waals surface area contributed by atoms with Gasteiger partial charge in [-0.1, -0.05) is 45.6 Å². The van der Waals surface area contributed by atoms with E-state index in [0.717, 1.165) is 38.5 Å². The van der Waals surface area contributed by atoms with Crippen molar-refractivity contribution in [1.29, 1.82) is 0 Å². The Bertz CT molecular complexity index is 421. The molecule has 0 saturated carbocycles. The Hall–Kier alpha value is -1.58. The summed E-state index contributed by atoms with van der Waals surface area (Å²) in [5.74, 6) is -0.223. The highest BCUT2D eigenvalue weighted by molar-refractivity contribution is 5.87. The molecule has 1 aliphatic carbocycles. The number of ether oxygens (including phenoxy) is 1. The molecule has 0 radical (unpaired) electrons. The van der Waals surface area contributed by atoms with E-state index in [2.05, 4.69) is 13.8 Å². The van der Waals surface area contributed by atoms with Crippen LogP contribution in [0.15, 0.2) is 23.5 Å².